The Morgan fingerprint density at radius 3 is 2.41 bits per heavy atom. The summed E-state index contributed by atoms with van der Waals surface area (Å²) in [5.74, 6) is 0.827. The van der Waals surface area contributed by atoms with Gasteiger partial charge >= 0.3 is 0 Å². The van der Waals surface area contributed by atoms with Gasteiger partial charge in [0.1, 0.15) is 17.4 Å². The van der Waals surface area contributed by atoms with Crippen molar-refractivity contribution in [2.75, 3.05) is 0 Å². The second-order valence-corrected chi connectivity index (χ2v) is 8.57. The molecule has 29 heavy (non-hydrogen) atoms. The van der Waals surface area contributed by atoms with Gasteiger partial charge < -0.3 is 4.74 Å². The van der Waals surface area contributed by atoms with Gasteiger partial charge in [-0.3, -0.25) is 4.79 Å². The number of halogens is 2. The van der Waals surface area contributed by atoms with E-state index in [1.165, 1.54) is 0 Å². The quantitative estimate of drug-likeness (QED) is 0.430. The summed E-state index contributed by atoms with van der Waals surface area (Å²) >= 11 is 12.9. The summed E-state index contributed by atoms with van der Waals surface area (Å²) in [4.78, 5) is 12.7. The average Bonchev–Trinajstić information content (AvgIpc) is 3.07. The Hall–Kier alpha value is -2.29. The first-order valence-corrected chi connectivity index (χ1v) is 10.5. The van der Waals surface area contributed by atoms with E-state index < -0.39 is 0 Å². The number of benzene rings is 3. The monoisotopic (exact) mass is 424 g/mol. The van der Waals surface area contributed by atoms with Crippen LogP contribution in [-0.2, 0) is 13.0 Å². The Morgan fingerprint density at radius 1 is 0.966 bits per heavy atom. The van der Waals surface area contributed by atoms with Crippen LogP contribution in [0.4, 0.5) is 0 Å². The van der Waals surface area contributed by atoms with Crippen molar-refractivity contribution in [3.05, 3.63) is 87.4 Å². The Morgan fingerprint density at radius 2 is 1.69 bits per heavy atom. The van der Waals surface area contributed by atoms with Gasteiger partial charge in [0.15, 0.2) is 5.78 Å². The van der Waals surface area contributed by atoms with Crippen molar-refractivity contribution in [2.45, 2.75) is 26.9 Å². The third-order valence-corrected chi connectivity index (χ3v) is 6.36. The number of carbonyl (C=O) groups excluding carboxylic acids is 1. The summed E-state index contributed by atoms with van der Waals surface area (Å²) in [5, 5.41) is 0.618. The Balaban J connectivity index is 1.57. The second-order valence-electron chi connectivity index (χ2n) is 7.81. The van der Waals surface area contributed by atoms with E-state index in [1.54, 1.807) is 0 Å². The van der Waals surface area contributed by atoms with Crippen molar-refractivity contribution in [2.24, 2.45) is 11.8 Å². The highest BCUT2D eigenvalue weighted by molar-refractivity contribution is 6.45. The molecule has 1 aliphatic carbocycles. The lowest BCUT2D eigenvalue weighted by molar-refractivity contribution is 0.0906. The number of carbonyl (C=O) groups is 1. The summed E-state index contributed by atoms with van der Waals surface area (Å²) in [6.07, 6.45) is 0.683. The molecule has 0 N–H and O–H groups in total. The molecular formula is C25H22Cl2O2. The van der Waals surface area contributed by atoms with Gasteiger partial charge in [0, 0.05) is 11.5 Å². The smallest absolute Gasteiger partial charge is 0.168 e. The van der Waals surface area contributed by atoms with Gasteiger partial charge in [0.05, 0.1) is 5.02 Å². The Labute approximate surface area is 181 Å². The molecule has 0 fully saturated rings. The Bertz CT molecular complexity index is 1060. The number of hydrogen-bond acceptors (Lipinski definition) is 2. The summed E-state index contributed by atoms with van der Waals surface area (Å²) in [7, 11) is 0. The first-order chi connectivity index (χ1) is 14.0. The van der Waals surface area contributed by atoms with Gasteiger partial charge in [-0.15, -0.1) is 0 Å². The van der Waals surface area contributed by atoms with E-state index in [2.05, 4.69) is 38.1 Å². The predicted molar refractivity (Wildman–Crippen MR) is 119 cm³/mol. The summed E-state index contributed by atoms with van der Waals surface area (Å²) in [6.45, 7) is 4.49. The number of ether oxygens (including phenoxy) is 1. The molecule has 2 nitrogen and oxygen atoms in total. The highest BCUT2D eigenvalue weighted by atomic mass is 35.5. The largest absolute Gasteiger partial charge is 0.487 e. The van der Waals surface area contributed by atoms with Crippen molar-refractivity contribution in [1.29, 1.82) is 0 Å². The van der Waals surface area contributed by atoms with Crippen molar-refractivity contribution < 1.29 is 9.53 Å². The topological polar surface area (TPSA) is 26.3 Å². The molecule has 0 saturated carbocycles. The number of ketones is 1. The lowest BCUT2D eigenvalue weighted by atomic mass is 9.92. The van der Waals surface area contributed by atoms with Gasteiger partial charge in [-0.25, -0.2) is 0 Å². The molecule has 4 rings (SSSR count). The molecule has 0 aliphatic heterocycles. The fraction of sp³-hybridized carbons (Fsp3) is 0.240. The lowest BCUT2D eigenvalue weighted by Gasteiger charge is -2.13. The third-order valence-electron chi connectivity index (χ3n) is 5.51. The van der Waals surface area contributed by atoms with E-state index >= 15 is 0 Å². The van der Waals surface area contributed by atoms with Crippen LogP contribution in [0.5, 0.6) is 5.75 Å². The van der Waals surface area contributed by atoms with Crippen LogP contribution >= 0.6 is 23.2 Å². The minimum absolute atomic E-state index is 0.0450. The molecular weight excluding hydrogens is 403 g/mol. The molecule has 0 spiro atoms. The fourth-order valence-corrected chi connectivity index (χ4v) is 4.38. The van der Waals surface area contributed by atoms with Crippen LogP contribution in [0.2, 0.25) is 10.0 Å². The molecule has 0 heterocycles. The maximum Gasteiger partial charge on any atom is 0.168 e. The maximum atomic E-state index is 12.7. The lowest BCUT2D eigenvalue weighted by Crippen LogP contribution is -2.15. The van der Waals surface area contributed by atoms with Crippen molar-refractivity contribution >= 4 is 29.0 Å². The SMILES string of the molecule is CC(C)C1Cc2cc(OCc3cccc(-c4ccccc4)c3)c(Cl)c(Cl)c2C1=O. The minimum Gasteiger partial charge on any atom is -0.487 e. The van der Waals surface area contributed by atoms with Crippen molar-refractivity contribution in [3.8, 4) is 16.9 Å². The molecule has 3 aromatic carbocycles. The predicted octanol–water partition coefficient (Wildman–Crippen LogP) is 7.25. The van der Waals surface area contributed by atoms with Gasteiger partial charge in [-0.1, -0.05) is 85.6 Å². The van der Waals surface area contributed by atoms with Gasteiger partial charge in [-0.05, 0) is 46.7 Å². The highest BCUT2D eigenvalue weighted by Crippen LogP contribution is 2.43. The standard InChI is InChI=1S/C25H22Cl2O2/c1-15(2)20-12-19-13-21(23(26)24(27)22(19)25(20)28)29-14-16-7-6-10-18(11-16)17-8-4-3-5-9-17/h3-11,13,15,20H,12,14H2,1-2H3. The zero-order valence-corrected chi connectivity index (χ0v) is 17.9. The number of fused-ring (bicyclic) bond motifs is 1. The van der Waals surface area contributed by atoms with E-state index in [9.17, 15) is 4.79 Å². The zero-order chi connectivity index (χ0) is 20.5. The molecule has 1 unspecified atom stereocenters. The van der Waals surface area contributed by atoms with Crippen LogP contribution in [-0.4, -0.2) is 5.78 Å². The van der Waals surface area contributed by atoms with E-state index in [4.69, 9.17) is 27.9 Å². The molecule has 0 saturated heterocycles. The van der Waals surface area contributed by atoms with E-state index in [0.717, 1.165) is 22.3 Å². The molecule has 1 aliphatic rings. The third kappa shape index (κ3) is 3.92. The van der Waals surface area contributed by atoms with Gasteiger partial charge in [0.25, 0.3) is 0 Å². The molecule has 0 amide bonds. The van der Waals surface area contributed by atoms with Crippen LogP contribution < -0.4 is 4.74 Å². The Kier molecular flexibility index (Phi) is 5.67. The zero-order valence-electron chi connectivity index (χ0n) is 16.4. The molecule has 0 bridgehead atoms. The average molecular weight is 425 g/mol. The fourth-order valence-electron chi connectivity index (χ4n) is 3.87. The van der Waals surface area contributed by atoms with E-state index in [1.807, 2.05) is 36.4 Å². The normalized spacial score (nSPS) is 15.6. The number of rotatable bonds is 5. The molecule has 4 heteroatoms. The van der Waals surface area contributed by atoms with Gasteiger partial charge in [-0.2, -0.15) is 0 Å². The van der Waals surface area contributed by atoms with Crippen molar-refractivity contribution in [3.63, 3.8) is 0 Å². The first kappa shape index (κ1) is 20.0. The minimum atomic E-state index is -0.0450. The van der Waals surface area contributed by atoms with Crippen molar-refractivity contribution in [1.82, 2.24) is 0 Å². The molecule has 0 radical (unpaired) electrons. The van der Waals surface area contributed by atoms with E-state index in [-0.39, 0.29) is 17.6 Å². The number of Topliss-reactive ketones (excluding diaryl/α,β-unsaturated/α-hetero) is 1. The maximum absolute atomic E-state index is 12.7. The summed E-state index contributed by atoms with van der Waals surface area (Å²) in [6, 6.07) is 20.3. The molecule has 1 atom stereocenters. The highest BCUT2D eigenvalue weighted by Gasteiger charge is 2.36. The number of hydrogen-bond donors (Lipinski definition) is 0. The first-order valence-electron chi connectivity index (χ1n) is 9.78. The summed E-state index contributed by atoms with van der Waals surface area (Å²) in [5.41, 5.74) is 4.82. The molecule has 148 valence electrons. The molecule has 3 aromatic rings. The van der Waals surface area contributed by atoms with Crippen LogP contribution in [0.25, 0.3) is 11.1 Å². The van der Waals surface area contributed by atoms with E-state index in [0.29, 0.717) is 34.4 Å². The summed E-state index contributed by atoms with van der Waals surface area (Å²) < 4.78 is 6.02. The van der Waals surface area contributed by atoms with Gasteiger partial charge in [0.2, 0.25) is 0 Å². The van der Waals surface area contributed by atoms with Crippen LogP contribution in [0.15, 0.2) is 60.7 Å². The second kappa shape index (κ2) is 8.22. The van der Waals surface area contributed by atoms with Crippen LogP contribution in [0.1, 0.15) is 35.3 Å². The van der Waals surface area contributed by atoms with Crippen LogP contribution in [0.3, 0.4) is 0 Å². The van der Waals surface area contributed by atoms with Crippen LogP contribution in [0, 0.1) is 11.8 Å². The molecule has 0 aromatic heterocycles.